The molecule has 2 aromatic rings. The van der Waals surface area contributed by atoms with E-state index >= 15 is 0 Å². The zero-order valence-corrected chi connectivity index (χ0v) is 9.87. The van der Waals surface area contributed by atoms with Crippen LogP contribution in [0.5, 0.6) is 0 Å². The molecule has 17 heavy (non-hydrogen) atoms. The Hall–Kier alpha value is -1.94. The van der Waals surface area contributed by atoms with Gasteiger partial charge in [0, 0.05) is 44.1 Å². The van der Waals surface area contributed by atoms with Gasteiger partial charge in [-0.05, 0) is 29.8 Å². The molecule has 0 unspecified atom stereocenters. The largest absolute Gasteiger partial charge is 0.362 e. The summed E-state index contributed by atoms with van der Waals surface area (Å²) in [5, 5.41) is 3.38. The standard InChI is InChI=1S/C13H16N4/c1-17(13-4-8-15-9-5-13)11-16-10-12-2-6-14-7-3-12/h2-9,16H,10-11H2,1H3. The van der Waals surface area contributed by atoms with Crippen LogP contribution in [0.3, 0.4) is 0 Å². The molecule has 0 aliphatic heterocycles. The maximum atomic E-state index is 4.00. The molecular weight excluding hydrogens is 212 g/mol. The summed E-state index contributed by atoms with van der Waals surface area (Å²) in [6.07, 6.45) is 7.22. The van der Waals surface area contributed by atoms with E-state index in [2.05, 4.69) is 27.2 Å². The number of nitrogens with one attached hydrogen (secondary N) is 1. The van der Waals surface area contributed by atoms with Crippen molar-refractivity contribution in [3.05, 3.63) is 54.6 Å². The fourth-order valence-corrected chi connectivity index (χ4v) is 1.56. The van der Waals surface area contributed by atoms with Gasteiger partial charge in [0.2, 0.25) is 0 Å². The lowest BCUT2D eigenvalue weighted by molar-refractivity contribution is 0.678. The van der Waals surface area contributed by atoms with Gasteiger partial charge in [-0.25, -0.2) is 0 Å². The van der Waals surface area contributed by atoms with Gasteiger partial charge in [0.1, 0.15) is 0 Å². The smallest absolute Gasteiger partial charge is 0.0681 e. The van der Waals surface area contributed by atoms with Crippen molar-refractivity contribution in [2.75, 3.05) is 18.6 Å². The van der Waals surface area contributed by atoms with Crippen molar-refractivity contribution in [2.45, 2.75) is 6.54 Å². The lowest BCUT2D eigenvalue weighted by Gasteiger charge is -2.19. The Bertz CT molecular complexity index is 430. The molecule has 0 aromatic carbocycles. The topological polar surface area (TPSA) is 41.0 Å². The van der Waals surface area contributed by atoms with Crippen molar-refractivity contribution < 1.29 is 0 Å². The Morgan fingerprint density at radius 2 is 1.59 bits per heavy atom. The minimum atomic E-state index is 0.798. The van der Waals surface area contributed by atoms with Gasteiger partial charge < -0.3 is 4.90 Å². The predicted molar refractivity (Wildman–Crippen MR) is 68.6 cm³/mol. The number of anilines is 1. The van der Waals surface area contributed by atoms with Crippen LogP contribution in [0.1, 0.15) is 5.56 Å². The summed E-state index contributed by atoms with van der Waals surface area (Å²) in [6.45, 7) is 1.64. The van der Waals surface area contributed by atoms with E-state index in [0.717, 1.165) is 18.9 Å². The van der Waals surface area contributed by atoms with Gasteiger partial charge >= 0.3 is 0 Å². The van der Waals surface area contributed by atoms with Crippen molar-refractivity contribution >= 4 is 5.69 Å². The highest BCUT2D eigenvalue weighted by molar-refractivity contribution is 5.43. The number of nitrogens with zero attached hydrogens (tertiary/aromatic N) is 3. The monoisotopic (exact) mass is 228 g/mol. The van der Waals surface area contributed by atoms with E-state index in [9.17, 15) is 0 Å². The van der Waals surface area contributed by atoms with E-state index < -0.39 is 0 Å². The van der Waals surface area contributed by atoms with Gasteiger partial charge in [-0.2, -0.15) is 0 Å². The highest BCUT2D eigenvalue weighted by Gasteiger charge is 1.98. The highest BCUT2D eigenvalue weighted by atomic mass is 15.2. The van der Waals surface area contributed by atoms with Crippen molar-refractivity contribution in [1.82, 2.24) is 15.3 Å². The third-order valence-corrected chi connectivity index (χ3v) is 2.53. The summed E-state index contributed by atoms with van der Waals surface area (Å²) in [5.74, 6) is 0. The minimum absolute atomic E-state index is 0.798. The molecule has 2 heterocycles. The van der Waals surface area contributed by atoms with Gasteiger partial charge in [-0.15, -0.1) is 0 Å². The average molecular weight is 228 g/mol. The summed E-state index contributed by atoms with van der Waals surface area (Å²) in [7, 11) is 2.05. The van der Waals surface area contributed by atoms with E-state index in [-0.39, 0.29) is 0 Å². The molecule has 2 aromatic heterocycles. The van der Waals surface area contributed by atoms with Crippen molar-refractivity contribution in [3.8, 4) is 0 Å². The van der Waals surface area contributed by atoms with Crippen molar-refractivity contribution in [2.24, 2.45) is 0 Å². The predicted octanol–water partition coefficient (Wildman–Crippen LogP) is 1.66. The SMILES string of the molecule is CN(CNCc1ccncc1)c1ccncc1. The first kappa shape index (κ1) is 11.5. The molecule has 0 radical (unpaired) electrons. The molecule has 0 bridgehead atoms. The normalized spacial score (nSPS) is 10.2. The summed E-state index contributed by atoms with van der Waals surface area (Å²) >= 11 is 0. The molecule has 0 fully saturated rings. The Morgan fingerprint density at radius 3 is 2.24 bits per heavy atom. The average Bonchev–Trinajstić information content (AvgIpc) is 2.41. The number of pyridine rings is 2. The van der Waals surface area contributed by atoms with Gasteiger partial charge in [0.15, 0.2) is 0 Å². The number of hydrogen-bond acceptors (Lipinski definition) is 4. The molecule has 4 heteroatoms. The molecule has 2 rings (SSSR count). The molecule has 0 aliphatic carbocycles. The van der Waals surface area contributed by atoms with Crippen LogP contribution in [0, 0.1) is 0 Å². The third kappa shape index (κ3) is 3.53. The summed E-state index contributed by atoms with van der Waals surface area (Å²) < 4.78 is 0. The molecule has 0 saturated heterocycles. The first-order valence-corrected chi connectivity index (χ1v) is 5.57. The number of aromatic nitrogens is 2. The molecule has 0 aliphatic rings. The van der Waals surface area contributed by atoms with Gasteiger partial charge in [0.25, 0.3) is 0 Å². The Balaban J connectivity index is 1.79. The van der Waals surface area contributed by atoms with Crippen LogP contribution in [0.15, 0.2) is 49.1 Å². The summed E-state index contributed by atoms with van der Waals surface area (Å²) in [5.41, 5.74) is 2.39. The number of hydrogen-bond donors (Lipinski definition) is 1. The van der Waals surface area contributed by atoms with Crippen LogP contribution >= 0.6 is 0 Å². The lowest BCUT2D eigenvalue weighted by atomic mass is 10.3. The minimum Gasteiger partial charge on any atom is -0.362 e. The zero-order chi connectivity index (χ0) is 11.9. The molecule has 0 spiro atoms. The van der Waals surface area contributed by atoms with Crippen LogP contribution in [-0.4, -0.2) is 23.7 Å². The highest BCUT2D eigenvalue weighted by Crippen LogP contribution is 2.08. The van der Waals surface area contributed by atoms with Crippen molar-refractivity contribution in [3.63, 3.8) is 0 Å². The molecule has 0 amide bonds. The quantitative estimate of drug-likeness (QED) is 0.790. The van der Waals surface area contributed by atoms with Gasteiger partial charge in [-0.3, -0.25) is 15.3 Å². The maximum absolute atomic E-state index is 4.00. The second-order valence-electron chi connectivity index (χ2n) is 3.84. The van der Waals surface area contributed by atoms with E-state index in [0.29, 0.717) is 0 Å². The van der Waals surface area contributed by atoms with Gasteiger partial charge in [0.05, 0.1) is 6.67 Å². The first-order valence-electron chi connectivity index (χ1n) is 5.57. The number of rotatable bonds is 5. The molecule has 0 saturated carbocycles. The Labute approximate surface area is 101 Å². The Morgan fingerprint density at radius 1 is 1.00 bits per heavy atom. The fraction of sp³-hybridized carbons (Fsp3) is 0.231. The second kappa shape index (κ2) is 5.96. The van der Waals surface area contributed by atoms with E-state index in [1.54, 1.807) is 12.4 Å². The molecular formula is C13H16N4. The lowest BCUT2D eigenvalue weighted by Crippen LogP contribution is -2.30. The van der Waals surface area contributed by atoms with Crippen LogP contribution < -0.4 is 10.2 Å². The first-order chi connectivity index (χ1) is 8.36. The third-order valence-electron chi connectivity index (χ3n) is 2.53. The Kier molecular flexibility index (Phi) is 4.05. The summed E-state index contributed by atoms with van der Waals surface area (Å²) in [6, 6.07) is 8.01. The van der Waals surface area contributed by atoms with Crippen LogP contribution in [0.2, 0.25) is 0 Å². The second-order valence-corrected chi connectivity index (χ2v) is 3.84. The van der Waals surface area contributed by atoms with E-state index in [1.807, 2.05) is 36.7 Å². The van der Waals surface area contributed by atoms with Crippen LogP contribution in [-0.2, 0) is 6.54 Å². The van der Waals surface area contributed by atoms with Crippen molar-refractivity contribution in [1.29, 1.82) is 0 Å². The molecule has 88 valence electrons. The molecule has 0 atom stereocenters. The van der Waals surface area contributed by atoms with Crippen LogP contribution in [0.25, 0.3) is 0 Å². The summed E-state index contributed by atoms with van der Waals surface area (Å²) in [4.78, 5) is 10.1. The van der Waals surface area contributed by atoms with Gasteiger partial charge in [-0.1, -0.05) is 0 Å². The van der Waals surface area contributed by atoms with E-state index in [4.69, 9.17) is 0 Å². The van der Waals surface area contributed by atoms with Crippen LogP contribution in [0.4, 0.5) is 5.69 Å². The molecule has 4 nitrogen and oxygen atoms in total. The zero-order valence-electron chi connectivity index (χ0n) is 9.87. The fourth-order valence-electron chi connectivity index (χ4n) is 1.56. The maximum Gasteiger partial charge on any atom is 0.0681 e. The van der Waals surface area contributed by atoms with E-state index in [1.165, 1.54) is 5.56 Å². The molecule has 1 N–H and O–H groups in total.